The molecule has 0 spiro atoms. The lowest BCUT2D eigenvalue weighted by Crippen LogP contribution is -1.98. The Hall–Kier alpha value is -2.75. The highest BCUT2D eigenvalue weighted by molar-refractivity contribution is 5.67. The smallest absolute Gasteiger partial charge is 0.162 e. The van der Waals surface area contributed by atoms with Gasteiger partial charge in [-0.25, -0.2) is 9.97 Å². The molecule has 0 bridgehead atoms. The fourth-order valence-corrected chi connectivity index (χ4v) is 1.96. The minimum Gasteiger partial charge on any atom is -0.373 e. The lowest BCUT2D eigenvalue weighted by molar-refractivity contribution is 1.16. The third-order valence-corrected chi connectivity index (χ3v) is 2.99. The molecule has 0 saturated carbocycles. The number of rotatable bonds is 3. The van der Waals surface area contributed by atoms with Gasteiger partial charge in [0.2, 0.25) is 0 Å². The maximum absolute atomic E-state index is 4.64. The molecule has 1 aromatic carbocycles. The van der Waals surface area contributed by atoms with E-state index in [-0.39, 0.29) is 0 Å². The molecule has 0 fully saturated rings. The van der Waals surface area contributed by atoms with Gasteiger partial charge in [0.15, 0.2) is 5.82 Å². The monoisotopic (exact) mass is 262 g/mol. The van der Waals surface area contributed by atoms with Crippen molar-refractivity contribution in [1.82, 2.24) is 15.0 Å². The van der Waals surface area contributed by atoms with Gasteiger partial charge in [-0.2, -0.15) is 0 Å². The fourth-order valence-electron chi connectivity index (χ4n) is 1.96. The molecule has 4 heteroatoms. The lowest BCUT2D eigenvalue weighted by Gasteiger charge is -2.08. The highest BCUT2D eigenvalue weighted by Crippen LogP contribution is 2.23. The Morgan fingerprint density at radius 3 is 2.30 bits per heavy atom. The van der Waals surface area contributed by atoms with Gasteiger partial charge in [0.1, 0.15) is 5.82 Å². The Morgan fingerprint density at radius 1 is 0.850 bits per heavy atom. The first-order valence-electron chi connectivity index (χ1n) is 6.39. The van der Waals surface area contributed by atoms with Crippen molar-refractivity contribution in [2.75, 3.05) is 12.4 Å². The van der Waals surface area contributed by atoms with E-state index in [0.29, 0.717) is 5.82 Å². The molecule has 0 saturated heterocycles. The Labute approximate surface area is 117 Å². The molecule has 4 nitrogen and oxygen atoms in total. The summed E-state index contributed by atoms with van der Waals surface area (Å²) in [5.41, 5.74) is 2.92. The molecule has 0 amide bonds. The van der Waals surface area contributed by atoms with Crippen LogP contribution in [0, 0.1) is 0 Å². The average molecular weight is 262 g/mol. The first kappa shape index (κ1) is 12.3. The van der Waals surface area contributed by atoms with Crippen LogP contribution in [0.4, 0.5) is 5.82 Å². The predicted molar refractivity (Wildman–Crippen MR) is 80.2 cm³/mol. The van der Waals surface area contributed by atoms with Crippen molar-refractivity contribution in [2.24, 2.45) is 0 Å². The molecule has 98 valence electrons. The summed E-state index contributed by atoms with van der Waals surface area (Å²) in [4.78, 5) is 13.2. The van der Waals surface area contributed by atoms with Crippen molar-refractivity contribution in [1.29, 1.82) is 0 Å². The molecule has 0 atom stereocenters. The number of nitrogens with one attached hydrogen (secondary N) is 1. The molecule has 3 rings (SSSR count). The number of hydrogen-bond donors (Lipinski definition) is 1. The topological polar surface area (TPSA) is 50.7 Å². The molecule has 0 radical (unpaired) electrons. The summed E-state index contributed by atoms with van der Waals surface area (Å²) in [7, 11) is 1.85. The standard InChI is InChI=1S/C16H14N4/c1-17-15-11-14(12-5-3-2-4-6-12)19-16(20-15)13-7-9-18-10-8-13/h2-11H,1H3,(H,17,19,20). The van der Waals surface area contributed by atoms with Crippen molar-refractivity contribution in [2.45, 2.75) is 0 Å². The third-order valence-electron chi connectivity index (χ3n) is 2.99. The molecule has 0 aliphatic rings. The molecular formula is C16H14N4. The number of benzene rings is 1. The highest BCUT2D eigenvalue weighted by Gasteiger charge is 2.07. The summed E-state index contributed by atoms with van der Waals surface area (Å²) in [6.07, 6.45) is 3.49. The van der Waals surface area contributed by atoms with Crippen LogP contribution in [0.5, 0.6) is 0 Å². The second-order valence-electron chi connectivity index (χ2n) is 4.31. The van der Waals surface area contributed by atoms with E-state index in [1.807, 2.05) is 55.6 Å². The van der Waals surface area contributed by atoms with Gasteiger partial charge in [-0.15, -0.1) is 0 Å². The Balaban J connectivity index is 2.13. The van der Waals surface area contributed by atoms with Crippen LogP contribution >= 0.6 is 0 Å². The molecule has 1 N–H and O–H groups in total. The van der Waals surface area contributed by atoms with Crippen molar-refractivity contribution in [3.8, 4) is 22.6 Å². The largest absolute Gasteiger partial charge is 0.373 e. The van der Waals surface area contributed by atoms with Crippen LogP contribution in [0.3, 0.4) is 0 Å². The van der Waals surface area contributed by atoms with Gasteiger partial charge in [-0.05, 0) is 12.1 Å². The average Bonchev–Trinajstić information content (AvgIpc) is 2.56. The maximum Gasteiger partial charge on any atom is 0.162 e. The van der Waals surface area contributed by atoms with Gasteiger partial charge < -0.3 is 5.32 Å². The van der Waals surface area contributed by atoms with Gasteiger partial charge >= 0.3 is 0 Å². The highest BCUT2D eigenvalue weighted by atomic mass is 15.0. The zero-order chi connectivity index (χ0) is 13.8. The number of anilines is 1. The number of pyridine rings is 1. The van der Waals surface area contributed by atoms with Gasteiger partial charge in [0, 0.05) is 36.6 Å². The van der Waals surface area contributed by atoms with E-state index in [1.54, 1.807) is 12.4 Å². The second kappa shape index (κ2) is 5.48. The molecule has 0 unspecified atom stereocenters. The number of nitrogens with zero attached hydrogens (tertiary/aromatic N) is 3. The van der Waals surface area contributed by atoms with Crippen LogP contribution < -0.4 is 5.32 Å². The minimum absolute atomic E-state index is 0.693. The second-order valence-corrected chi connectivity index (χ2v) is 4.31. The quantitative estimate of drug-likeness (QED) is 0.787. The van der Waals surface area contributed by atoms with Crippen LogP contribution in [0.1, 0.15) is 0 Å². The first-order chi connectivity index (χ1) is 9.86. The zero-order valence-electron chi connectivity index (χ0n) is 11.1. The van der Waals surface area contributed by atoms with Crippen LogP contribution in [-0.2, 0) is 0 Å². The van der Waals surface area contributed by atoms with Crippen molar-refractivity contribution in [3.63, 3.8) is 0 Å². The van der Waals surface area contributed by atoms with Crippen LogP contribution in [0.2, 0.25) is 0 Å². The van der Waals surface area contributed by atoms with Gasteiger partial charge in [-0.1, -0.05) is 30.3 Å². The molecule has 0 aliphatic heterocycles. The molecule has 2 aromatic heterocycles. The number of aromatic nitrogens is 3. The van der Waals surface area contributed by atoms with Crippen LogP contribution in [-0.4, -0.2) is 22.0 Å². The normalized spacial score (nSPS) is 10.2. The summed E-state index contributed by atoms with van der Waals surface area (Å²) >= 11 is 0. The third kappa shape index (κ3) is 2.49. The van der Waals surface area contributed by atoms with Crippen LogP contribution in [0.15, 0.2) is 60.9 Å². The van der Waals surface area contributed by atoms with E-state index in [9.17, 15) is 0 Å². The van der Waals surface area contributed by atoms with Crippen molar-refractivity contribution in [3.05, 3.63) is 60.9 Å². The summed E-state index contributed by atoms with van der Waals surface area (Å²) in [6, 6.07) is 15.8. The number of hydrogen-bond acceptors (Lipinski definition) is 4. The SMILES string of the molecule is CNc1cc(-c2ccccc2)nc(-c2ccncc2)n1. The first-order valence-corrected chi connectivity index (χ1v) is 6.39. The van der Waals surface area contributed by atoms with Crippen molar-refractivity contribution >= 4 is 5.82 Å². The van der Waals surface area contributed by atoms with E-state index in [1.165, 1.54) is 0 Å². The lowest BCUT2D eigenvalue weighted by atomic mass is 10.1. The van der Waals surface area contributed by atoms with Gasteiger partial charge in [0.25, 0.3) is 0 Å². The summed E-state index contributed by atoms with van der Waals surface area (Å²) in [6.45, 7) is 0. The molecule has 0 aliphatic carbocycles. The van der Waals surface area contributed by atoms with E-state index in [0.717, 1.165) is 22.6 Å². The molecule has 3 aromatic rings. The van der Waals surface area contributed by atoms with E-state index in [4.69, 9.17) is 0 Å². The Bertz CT molecular complexity index is 638. The molecular weight excluding hydrogens is 248 g/mol. The summed E-state index contributed by atoms with van der Waals surface area (Å²) < 4.78 is 0. The van der Waals surface area contributed by atoms with E-state index in [2.05, 4.69) is 20.3 Å². The fraction of sp³-hybridized carbons (Fsp3) is 0.0625. The predicted octanol–water partition coefficient (Wildman–Crippen LogP) is 3.25. The minimum atomic E-state index is 0.693. The molecule has 2 heterocycles. The molecule has 20 heavy (non-hydrogen) atoms. The van der Waals surface area contributed by atoms with E-state index >= 15 is 0 Å². The Kier molecular flexibility index (Phi) is 3.37. The van der Waals surface area contributed by atoms with Gasteiger partial charge in [0.05, 0.1) is 5.69 Å². The summed E-state index contributed by atoms with van der Waals surface area (Å²) in [5.74, 6) is 1.49. The van der Waals surface area contributed by atoms with Gasteiger partial charge in [-0.3, -0.25) is 4.98 Å². The summed E-state index contributed by atoms with van der Waals surface area (Å²) in [5, 5.41) is 3.08. The van der Waals surface area contributed by atoms with Crippen molar-refractivity contribution < 1.29 is 0 Å². The maximum atomic E-state index is 4.64. The van der Waals surface area contributed by atoms with Crippen LogP contribution in [0.25, 0.3) is 22.6 Å². The Morgan fingerprint density at radius 2 is 1.60 bits per heavy atom. The van der Waals surface area contributed by atoms with E-state index < -0.39 is 0 Å². The zero-order valence-corrected chi connectivity index (χ0v) is 11.1.